The normalized spacial score (nSPS) is 12.3. The van der Waals surface area contributed by atoms with Crippen LogP contribution in [0.1, 0.15) is 6.92 Å². The van der Waals surface area contributed by atoms with Gasteiger partial charge in [0, 0.05) is 12.8 Å². The minimum atomic E-state index is -3.90. The molecule has 0 saturated heterocycles. The fraction of sp³-hybridized carbons (Fsp3) is 0.462. The van der Waals surface area contributed by atoms with Gasteiger partial charge in [-0.25, -0.2) is 16.8 Å². The third-order valence-electron chi connectivity index (χ3n) is 2.99. The number of aliphatic carboxylic acids is 1. The highest BCUT2D eigenvalue weighted by Gasteiger charge is 2.22. The first kappa shape index (κ1) is 19.4. The highest BCUT2D eigenvalue weighted by atomic mass is 32.2. The molecule has 0 bridgehead atoms. The Morgan fingerprint density at radius 2 is 1.74 bits per heavy atom. The summed E-state index contributed by atoms with van der Waals surface area (Å²) in [4.78, 5) is 10.5. The molecule has 0 fully saturated rings. The molecule has 23 heavy (non-hydrogen) atoms. The molecule has 0 unspecified atom stereocenters. The van der Waals surface area contributed by atoms with Gasteiger partial charge in [0.1, 0.15) is 18.9 Å². The number of benzene rings is 1. The number of sulfone groups is 1. The van der Waals surface area contributed by atoms with Crippen LogP contribution >= 0.6 is 0 Å². The molecule has 1 rings (SSSR count). The third-order valence-corrected chi connectivity index (χ3v) is 6.48. The lowest BCUT2D eigenvalue weighted by atomic mass is 10.3. The lowest BCUT2D eigenvalue weighted by Crippen LogP contribution is -2.31. The molecule has 130 valence electrons. The zero-order valence-corrected chi connectivity index (χ0v) is 14.4. The SMILES string of the molecule is CCS(=O)(=O)CCOc1ccc(S(=O)(=O)N(C)CC(=O)O)cc1. The van der Waals surface area contributed by atoms with Crippen molar-refractivity contribution in [3.05, 3.63) is 24.3 Å². The molecule has 0 radical (unpaired) electrons. The summed E-state index contributed by atoms with van der Waals surface area (Å²) >= 11 is 0. The molecule has 8 nitrogen and oxygen atoms in total. The maximum Gasteiger partial charge on any atom is 0.318 e. The van der Waals surface area contributed by atoms with E-state index in [-0.39, 0.29) is 23.0 Å². The molecule has 10 heteroatoms. The van der Waals surface area contributed by atoms with Gasteiger partial charge < -0.3 is 9.84 Å². The van der Waals surface area contributed by atoms with Gasteiger partial charge in [-0.2, -0.15) is 4.31 Å². The molecule has 0 saturated carbocycles. The Labute approximate surface area is 135 Å². The number of hydrogen-bond donors (Lipinski definition) is 1. The molecule has 0 spiro atoms. The van der Waals surface area contributed by atoms with Gasteiger partial charge in [-0.05, 0) is 24.3 Å². The lowest BCUT2D eigenvalue weighted by molar-refractivity contribution is -0.137. The Morgan fingerprint density at radius 1 is 1.17 bits per heavy atom. The lowest BCUT2D eigenvalue weighted by Gasteiger charge is -2.15. The Balaban J connectivity index is 2.75. The first-order valence-electron chi connectivity index (χ1n) is 6.70. The summed E-state index contributed by atoms with van der Waals surface area (Å²) in [6.07, 6.45) is 0. The van der Waals surface area contributed by atoms with Gasteiger partial charge in [0.15, 0.2) is 9.84 Å². The average Bonchev–Trinajstić information content (AvgIpc) is 2.47. The number of hydrogen-bond acceptors (Lipinski definition) is 6. The molecule has 1 N–H and O–H groups in total. The number of rotatable bonds is 9. The second kappa shape index (κ2) is 7.75. The van der Waals surface area contributed by atoms with E-state index in [0.29, 0.717) is 5.75 Å². The highest BCUT2D eigenvalue weighted by molar-refractivity contribution is 7.91. The first-order chi connectivity index (χ1) is 10.6. The van der Waals surface area contributed by atoms with E-state index in [1.807, 2.05) is 0 Å². The Hall–Kier alpha value is -1.65. The molecule has 1 aromatic rings. The summed E-state index contributed by atoms with van der Waals surface area (Å²) in [5, 5.41) is 8.65. The Morgan fingerprint density at radius 3 is 2.22 bits per heavy atom. The minimum Gasteiger partial charge on any atom is -0.493 e. The van der Waals surface area contributed by atoms with E-state index in [2.05, 4.69) is 0 Å². The van der Waals surface area contributed by atoms with Crippen LogP contribution in [0.3, 0.4) is 0 Å². The van der Waals surface area contributed by atoms with Crippen molar-refractivity contribution in [1.29, 1.82) is 0 Å². The van der Waals surface area contributed by atoms with Gasteiger partial charge >= 0.3 is 5.97 Å². The van der Waals surface area contributed by atoms with Crippen LogP contribution in [0, 0.1) is 0 Å². The van der Waals surface area contributed by atoms with Crippen LogP contribution in [0.25, 0.3) is 0 Å². The zero-order valence-electron chi connectivity index (χ0n) is 12.8. The maximum atomic E-state index is 12.1. The van der Waals surface area contributed by atoms with Gasteiger partial charge in [0.05, 0.1) is 10.6 Å². The molecule has 0 aliphatic carbocycles. The van der Waals surface area contributed by atoms with E-state index in [9.17, 15) is 21.6 Å². The minimum absolute atomic E-state index is 0.0266. The van der Waals surface area contributed by atoms with Gasteiger partial charge in [-0.3, -0.25) is 4.79 Å². The summed E-state index contributed by atoms with van der Waals surface area (Å²) in [6, 6.07) is 5.33. The number of likely N-dealkylation sites (N-methyl/N-ethyl adjacent to an activating group) is 1. The van der Waals surface area contributed by atoms with Crippen molar-refractivity contribution in [1.82, 2.24) is 4.31 Å². The maximum absolute atomic E-state index is 12.1. The molecule has 0 aromatic heterocycles. The summed E-state index contributed by atoms with van der Waals surface area (Å²) < 4.78 is 52.8. The zero-order chi connectivity index (χ0) is 17.7. The highest BCUT2D eigenvalue weighted by Crippen LogP contribution is 2.18. The third kappa shape index (κ3) is 5.81. The van der Waals surface area contributed by atoms with Crippen LogP contribution in [0.2, 0.25) is 0 Å². The summed E-state index contributed by atoms with van der Waals surface area (Å²) in [6.45, 7) is 0.874. The van der Waals surface area contributed by atoms with Gasteiger partial charge in [-0.1, -0.05) is 6.92 Å². The van der Waals surface area contributed by atoms with Gasteiger partial charge in [-0.15, -0.1) is 0 Å². The van der Waals surface area contributed by atoms with Crippen LogP contribution in [0.4, 0.5) is 0 Å². The predicted molar refractivity (Wildman–Crippen MR) is 83.7 cm³/mol. The molecular weight excluding hydrogens is 346 g/mol. The first-order valence-corrected chi connectivity index (χ1v) is 9.96. The van der Waals surface area contributed by atoms with Crippen molar-refractivity contribution < 1.29 is 31.5 Å². The average molecular weight is 365 g/mol. The Bertz CT molecular complexity index is 739. The van der Waals surface area contributed by atoms with Crippen molar-refractivity contribution in [2.45, 2.75) is 11.8 Å². The van der Waals surface area contributed by atoms with E-state index in [1.165, 1.54) is 31.3 Å². The predicted octanol–water partition coefficient (Wildman–Crippen LogP) is 0.205. The number of carboxylic acids is 1. The summed E-state index contributed by atoms with van der Waals surface area (Å²) in [5.74, 6) is -1.02. The van der Waals surface area contributed by atoms with Crippen LogP contribution in [0.5, 0.6) is 5.75 Å². The second-order valence-electron chi connectivity index (χ2n) is 4.71. The summed E-state index contributed by atoms with van der Waals surface area (Å²) in [7, 11) is -5.85. The van der Waals surface area contributed by atoms with Crippen molar-refractivity contribution in [2.24, 2.45) is 0 Å². The molecule has 0 aliphatic rings. The van der Waals surface area contributed by atoms with Crippen LogP contribution < -0.4 is 4.74 Å². The largest absolute Gasteiger partial charge is 0.493 e. The van der Waals surface area contributed by atoms with Crippen molar-refractivity contribution in [3.63, 3.8) is 0 Å². The topological polar surface area (TPSA) is 118 Å². The fourth-order valence-corrected chi connectivity index (χ4v) is 3.34. The molecule has 1 aromatic carbocycles. The van der Waals surface area contributed by atoms with E-state index in [1.54, 1.807) is 6.92 Å². The van der Waals surface area contributed by atoms with Gasteiger partial charge in [0.25, 0.3) is 0 Å². The molecule has 0 atom stereocenters. The molecule has 0 heterocycles. The molecule has 0 amide bonds. The smallest absolute Gasteiger partial charge is 0.318 e. The van der Waals surface area contributed by atoms with E-state index < -0.39 is 32.4 Å². The van der Waals surface area contributed by atoms with Crippen molar-refractivity contribution in [3.8, 4) is 5.75 Å². The number of ether oxygens (including phenoxy) is 1. The molecular formula is C13H19NO7S2. The van der Waals surface area contributed by atoms with Gasteiger partial charge in [0.2, 0.25) is 10.0 Å². The quantitative estimate of drug-likeness (QED) is 0.664. The number of sulfonamides is 1. The van der Waals surface area contributed by atoms with Crippen molar-refractivity contribution >= 4 is 25.8 Å². The van der Waals surface area contributed by atoms with Crippen molar-refractivity contribution in [2.75, 3.05) is 31.7 Å². The van der Waals surface area contributed by atoms with Crippen LogP contribution in [-0.2, 0) is 24.7 Å². The van der Waals surface area contributed by atoms with E-state index in [0.717, 1.165) is 4.31 Å². The van der Waals surface area contributed by atoms with E-state index in [4.69, 9.17) is 9.84 Å². The van der Waals surface area contributed by atoms with E-state index >= 15 is 0 Å². The number of nitrogens with zero attached hydrogens (tertiary/aromatic N) is 1. The summed E-state index contributed by atoms with van der Waals surface area (Å²) in [5.41, 5.74) is 0. The fourth-order valence-electron chi connectivity index (χ4n) is 1.59. The Kier molecular flexibility index (Phi) is 6.54. The van der Waals surface area contributed by atoms with Crippen LogP contribution in [0.15, 0.2) is 29.2 Å². The second-order valence-corrected chi connectivity index (χ2v) is 9.23. The molecule has 0 aliphatic heterocycles. The number of carbonyl (C=O) groups is 1. The number of carboxylic acid groups (broad SMARTS) is 1. The standard InChI is InChI=1S/C13H19NO7S2/c1-3-22(17,18)9-8-21-11-4-6-12(7-5-11)23(19,20)14(2)10-13(15)16/h4-7H,3,8-10H2,1-2H3,(H,15,16). The van der Waals surface area contributed by atoms with Crippen LogP contribution in [-0.4, -0.2) is 63.9 Å². The monoisotopic (exact) mass is 365 g/mol.